The minimum Gasteiger partial charge on any atom is -0.444 e. The van der Waals surface area contributed by atoms with Crippen LogP contribution in [0.5, 0.6) is 0 Å². The number of aryl methyl sites for hydroxylation is 2. The summed E-state index contributed by atoms with van der Waals surface area (Å²) in [4.78, 5) is 68.2. The van der Waals surface area contributed by atoms with Crippen molar-refractivity contribution in [3.63, 3.8) is 0 Å². The smallest absolute Gasteiger partial charge is 0.437 e. The number of anilines is 2. The molecule has 5 rings (SSSR count). The van der Waals surface area contributed by atoms with Gasteiger partial charge >= 0.3 is 24.4 Å². The van der Waals surface area contributed by atoms with Gasteiger partial charge in [-0.05, 0) is 119 Å². The zero-order valence-corrected chi connectivity index (χ0v) is 37.7. The number of hydrogen-bond acceptors (Lipinski definition) is 10. The minimum absolute atomic E-state index is 0.174. The lowest BCUT2D eigenvalue weighted by Gasteiger charge is -2.21. The van der Waals surface area contributed by atoms with Crippen LogP contribution in [0, 0.1) is 0 Å². The molecule has 0 saturated heterocycles. The lowest BCUT2D eigenvalue weighted by Crippen LogP contribution is -2.40. The molecule has 4 amide bonds. The van der Waals surface area contributed by atoms with Crippen molar-refractivity contribution >= 4 is 69.7 Å². The summed E-state index contributed by atoms with van der Waals surface area (Å²) in [6.07, 6.45) is -3.39. The predicted molar refractivity (Wildman–Crippen MR) is 239 cm³/mol. The Morgan fingerprint density at radius 1 is 0.500 bits per heavy atom. The van der Waals surface area contributed by atoms with Crippen molar-refractivity contribution < 1.29 is 38.1 Å². The number of carbonyl (C=O) groups is 4. The minimum atomic E-state index is -0.897. The third-order valence-electron chi connectivity index (χ3n) is 8.12. The number of carbonyl (C=O) groups excluding carboxylic acids is 4. The number of amides is 4. The van der Waals surface area contributed by atoms with Gasteiger partial charge < -0.3 is 38.7 Å². The van der Waals surface area contributed by atoms with Crippen molar-refractivity contribution in [1.29, 1.82) is 0 Å². The van der Waals surface area contributed by atoms with Crippen molar-refractivity contribution in [2.75, 3.05) is 10.6 Å². The Morgan fingerprint density at radius 2 is 0.887 bits per heavy atom. The molecule has 0 atom stereocenters. The largest absolute Gasteiger partial charge is 0.444 e. The summed E-state index contributed by atoms with van der Waals surface area (Å²) in [7, 11) is 3.80. The van der Waals surface area contributed by atoms with Crippen LogP contribution >= 0.6 is 0 Å². The second-order valence-electron chi connectivity index (χ2n) is 18.4. The van der Waals surface area contributed by atoms with Gasteiger partial charge in [-0.2, -0.15) is 0 Å². The zero-order valence-electron chi connectivity index (χ0n) is 37.7. The Balaban J connectivity index is 1.38. The fraction of sp³-hybridized carbons (Fsp3) is 0.409. The molecule has 2 heterocycles. The summed E-state index contributed by atoms with van der Waals surface area (Å²) in [5.74, 6) is 1.04. The fourth-order valence-corrected chi connectivity index (χ4v) is 5.83. The number of ether oxygens (including phenoxy) is 4. The molecular weight excluding hydrogens is 797 g/mol. The quantitative estimate of drug-likeness (QED) is 0.0757. The lowest BCUT2D eigenvalue weighted by atomic mass is 10.1. The Kier molecular flexibility index (Phi) is 13.0. The van der Waals surface area contributed by atoms with E-state index >= 15 is 0 Å². The third-order valence-corrected chi connectivity index (χ3v) is 8.12. The molecule has 2 aromatic heterocycles. The van der Waals surface area contributed by atoms with E-state index in [4.69, 9.17) is 28.9 Å². The zero-order chi connectivity index (χ0) is 45.9. The summed E-state index contributed by atoms with van der Waals surface area (Å²) < 4.78 is 25.3. The summed E-state index contributed by atoms with van der Waals surface area (Å²) in [5.41, 5.74) is 2.51. The van der Waals surface area contributed by atoms with Crippen LogP contribution in [0.3, 0.4) is 0 Å². The fourth-order valence-electron chi connectivity index (χ4n) is 5.83. The van der Waals surface area contributed by atoms with Crippen LogP contribution in [0.2, 0.25) is 0 Å². The monoisotopic (exact) mass is 852 g/mol. The van der Waals surface area contributed by atoms with E-state index in [2.05, 4.69) is 31.3 Å². The molecule has 0 aliphatic carbocycles. The number of rotatable bonds is 4. The number of imidazole rings is 2. The Labute approximate surface area is 360 Å². The molecule has 0 aliphatic rings. The maximum atomic E-state index is 12.6. The van der Waals surface area contributed by atoms with Gasteiger partial charge in [-0.25, -0.2) is 29.1 Å². The van der Waals surface area contributed by atoms with E-state index in [1.54, 1.807) is 101 Å². The van der Waals surface area contributed by atoms with Crippen LogP contribution in [-0.4, -0.2) is 77.8 Å². The first kappa shape index (κ1) is 46.1. The molecule has 5 aromatic rings. The van der Waals surface area contributed by atoms with Crippen molar-refractivity contribution in [3.8, 4) is 22.8 Å². The standard InChI is InChI=1S/C44H56N10O8/c1-41(2,3)59-37(55)49-35(50-38(56)60-42(4,5)6)45-27-20-22-31-30(23-27)48-34(53(31)13)26-17-15-25(16-18-26)33-47-29-21-19-28(24-32(29)54(33)14)46-36(51-39(57)61-43(7,8)9)52-40(58)62-44(10,11)12/h15-24H,1-14H3,(H2,45,49,50,55,56)(H2,46,51,52,57,58). The summed E-state index contributed by atoms with van der Waals surface area (Å²) in [6.45, 7) is 20.6. The van der Waals surface area contributed by atoms with Crippen LogP contribution in [0.25, 0.3) is 44.8 Å². The predicted octanol–water partition coefficient (Wildman–Crippen LogP) is 9.25. The topological polar surface area (TPSA) is 214 Å². The average Bonchev–Trinajstić information content (AvgIpc) is 3.60. The third kappa shape index (κ3) is 13.0. The van der Waals surface area contributed by atoms with Crippen LogP contribution in [-0.2, 0) is 33.0 Å². The summed E-state index contributed by atoms with van der Waals surface area (Å²) in [5, 5.41) is 11.0. The van der Waals surface area contributed by atoms with E-state index in [0.29, 0.717) is 34.1 Å². The number of alkyl carbamates (subject to hydrolysis) is 2. The highest BCUT2D eigenvalue weighted by molar-refractivity contribution is 6.07. The van der Waals surface area contributed by atoms with Crippen LogP contribution in [0.1, 0.15) is 83.1 Å². The molecule has 0 radical (unpaired) electrons. The SMILES string of the molecule is Cn1c(-c2ccc(-c3nc4ccc(N/C(=N/C(=O)OC(C)(C)C)NC(=O)OC(C)(C)C)cc4n3C)cc2)nc2cc(N/C(=N/C(=O)OC(C)(C)C)NC(=O)OC(C)(C)C)ccc21. The van der Waals surface area contributed by atoms with Crippen molar-refractivity contribution in [1.82, 2.24) is 29.7 Å². The number of fused-ring (bicyclic) bond motifs is 2. The Bertz CT molecular complexity index is 2540. The van der Waals surface area contributed by atoms with Gasteiger partial charge in [0.05, 0.1) is 22.1 Å². The molecule has 4 N–H and O–H groups in total. The lowest BCUT2D eigenvalue weighted by molar-refractivity contribution is 0.0545. The van der Waals surface area contributed by atoms with Crippen LogP contribution in [0.15, 0.2) is 70.6 Å². The number of hydrogen-bond donors (Lipinski definition) is 4. The second-order valence-corrected chi connectivity index (χ2v) is 18.4. The van der Waals surface area contributed by atoms with Crippen molar-refractivity contribution in [2.24, 2.45) is 24.1 Å². The number of nitrogens with zero attached hydrogens (tertiary/aromatic N) is 6. The van der Waals surface area contributed by atoms with Gasteiger partial charge in [0.2, 0.25) is 11.9 Å². The number of guanidine groups is 2. The number of benzene rings is 3. The van der Waals surface area contributed by atoms with Crippen molar-refractivity contribution in [2.45, 2.75) is 105 Å². The van der Waals surface area contributed by atoms with E-state index < -0.39 is 46.8 Å². The molecule has 0 spiro atoms. The first-order valence-electron chi connectivity index (χ1n) is 19.8. The van der Waals surface area contributed by atoms with E-state index in [9.17, 15) is 19.2 Å². The van der Waals surface area contributed by atoms with Gasteiger partial charge in [0.1, 0.15) is 34.1 Å². The molecule has 62 heavy (non-hydrogen) atoms. The molecule has 0 bridgehead atoms. The van der Waals surface area contributed by atoms with Crippen molar-refractivity contribution in [3.05, 3.63) is 60.7 Å². The first-order chi connectivity index (χ1) is 28.6. The number of aliphatic imine (C=N–C) groups is 2. The Hall–Kier alpha value is -6.98. The normalized spacial score (nSPS) is 12.8. The van der Waals surface area contributed by atoms with Gasteiger partial charge in [-0.1, -0.05) is 24.3 Å². The highest BCUT2D eigenvalue weighted by Gasteiger charge is 2.23. The molecule has 18 nitrogen and oxygen atoms in total. The maximum absolute atomic E-state index is 12.6. The molecule has 0 unspecified atom stereocenters. The molecule has 330 valence electrons. The van der Waals surface area contributed by atoms with Crippen LogP contribution in [0.4, 0.5) is 30.6 Å². The van der Waals surface area contributed by atoms with E-state index in [1.807, 2.05) is 65.7 Å². The summed E-state index contributed by atoms with van der Waals surface area (Å²) >= 11 is 0. The molecule has 0 saturated carbocycles. The van der Waals surface area contributed by atoms with Gasteiger partial charge in [0, 0.05) is 36.6 Å². The maximum Gasteiger partial charge on any atom is 0.437 e. The highest BCUT2D eigenvalue weighted by atomic mass is 16.6. The Morgan fingerprint density at radius 3 is 1.32 bits per heavy atom. The van der Waals surface area contributed by atoms with Crippen LogP contribution < -0.4 is 21.3 Å². The van der Waals surface area contributed by atoms with E-state index in [0.717, 1.165) is 22.2 Å². The molecule has 0 aliphatic heterocycles. The molecule has 18 heteroatoms. The van der Waals surface area contributed by atoms with E-state index in [1.165, 1.54) is 0 Å². The highest BCUT2D eigenvalue weighted by Crippen LogP contribution is 2.30. The van der Waals surface area contributed by atoms with Gasteiger partial charge in [0.25, 0.3) is 0 Å². The van der Waals surface area contributed by atoms with Gasteiger partial charge in [-0.3, -0.25) is 10.6 Å². The molecule has 3 aromatic carbocycles. The molecular formula is C44H56N10O8. The number of nitrogens with one attached hydrogen (secondary N) is 4. The van der Waals surface area contributed by atoms with Gasteiger partial charge in [-0.15, -0.1) is 9.98 Å². The number of aromatic nitrogens is 4. The first-order valence-corrected chi connectivity index (χ1v) is 19.8. The summed E-state index contributed by atoms with van der Waals surface area (Å²) in [6, 6.07) is 18.6. The van der Waals surface area contributed by atoms with E-state index in [-0.39, 0.29) is 11.9 Å². The second kappa shape index (κ2) is 17.6. The molecule has 0 fully saturated rings. The van der Waals surface area contributed by atoms with Gasteiger partial charge in [0.15, 0.2) is 0 Å². The average molecular weight is 853 g/mol.